The SMILES string of the molecule is COc1ccccc1NC(=O)[C@@H](C)n1cnc2sc(-c3ccccc3)cc2c1=O. The smallest absolute Gasteiger partial charge is 0.262 e. The number of nitrogens with one attached hydrogen (secondary N) is 1. The number of anilines is 1. The number of rotatable bonds is 5. The molecule has 1 N–H and O–H groups in total. The summed E-state index contributed by atoms with van der Waals surface area (Å²) in [5.41, 5.74) is 1.34. The average Bonchev–Trinajstić information content (AvgIpc) is 3.20. The molecule has 146 valence electrons. The van der Waals surface area contributed by atoms with E-state index in [4.69, 9.17) is 4.74 Å². The summed E-state index contributed by atoms with van der Waals surface area (Å²) in [6.07, 6.45) is 1.43. The molecule has 0 bridgehead atoms. The molecule has 2 aromatic carbocycles. The Kier molecular flexibility index (Phi) is 5.14. The lowest BCUT2D eigenvalue weighted by Gasteiger charge is -2.16. The van der Waals surface area contributed by atoms with E-state index in [1.54, 1.807) is 25.1 Å². The second-order valence-corrected chi connectivity index (χ2v) is 7.55. The van der Waals surface area contributed by atoms with Gasteiger partial charge in [0, 0.05) is 4.88 Å². The quantitative estimate of drug-likeness (QED) is 0.536. The number of amides is 1. The van der Waals surface area contributed by atoms with Gasteiger partial charge in [0.15, 0.2) is 0 Å². The standard InChI is InChI=1S/C22H19N3O3S/c1-14(20(26)24-17-10-6-7-11-18(17)28-2)25-13-23-21-16(22(25)27)12-19(29-21)15-8-4-3-5-9-15/h3-14H,1-2H3,(H,24,26)/t14-/m1/s1. The number of hydrogen-bond donors (Lipinski definition) is 1. The van der Waals surface area contributed by atoms with Crippen LogP contribution in [-0.4, -0.2) is 22.6 Å². The van der Waals surface area contributed by atoms with E-state index in [0.29, 0.717) is 21.7 Å². The highest BCUT2D eigenvalue weighted by Crippen LogP contribution is 2.31. The first kappa shape index (κ1) is 18.9. The van der Waals surface area contributed by atoms with Gasteiger partial charge in [-0.05, 0) is 30.7 Å². The molecule has 0 fully saturated rings. The third kappa shape index (κ3) is 3.64. The molecule has 4 rings (SSSR count). The van der Waals surface area contributed by atoms with E-state index in [2.05, 4.69) is 10.3 Å². The summed E-state index contributed by atoms with van der Waals surface area (Å²) < 4.78 is 6.62. The fraction of sp³-hybridized carbons (Fsp3) is 0.136. The fourth-order valence-corrected chi connectivity index (χ4v) is 4.06. The number of ether oxygens (including phenoxy) is 1. The first-order valence-electron chi connectivity index (χ1n) is 9.08. The maximum Gasteiger partial charge on any atom is 0.262 e. The van der Waals surface area contributed by atoms with Crippen molar-refractivity contribution in [1.82, 2.24) is 9.55 Å². The molecule has 7 heteroatoms. The highest BCUT2D eigenvalue weighted by atomic mass is 32.1. The fourth-order valence-electron chi connectivity index (χ4n) is 3.07. The third-order valence-electron chi connectivity index (χ3n) is 4.70. The molecule has 6 nitrogen and oxygen atoms in total. The molecule has 0 saturated heterocycles. The number of carbonyl (C=O) groups is 1. The average molecular weight is 405 g/mol. The van der Waals surface area contributed by atoms with Crippen LogP contribution in [0.2, 0.25) is 0 Å². The van der Waals surface area contributed by atoms with Crippen LogP contribution in [-0.2, 0) is 4.79 Å². The molecule has 0 spiro atoms. The number of carbonyl (C=O) groups excluding carboxylic acids is 1. The van der Waals surface area contributed by atoms with E-state index in [0.717, 1.165) is 10.4 Å². The van der Waals surface area contributed by atoms with Crippen LogP contribution in [0.3, 0.4) is 0 Å². The highest BCUT2D eigenvalue weighted by Gasteiger charge is 2.20. The van der Waals surface area contributed by atoms with Crippen LogP contribution in [0, 0.1) is 0 Å². The van der Waals surface area contributed by atoms with Crippen LogP contribution < -0.4 is 15.6 Å². The second-order valence-electron chi connectivity index (χ2n) is 6.52. The summed E-state index contributed by atoms with van der Waals surface area (Å²) in [6.45, 7) is 1.67. The predicted molar refractivity (Wildman–Crippen MR) is 116 cm³/mol. The number of nitrogens with zero attached hydrogens (tertiary/aromatic N) is 2. The van der Waals surface area contributed by atoms with Crippen molar-refractivity contribution in [3.8, 4) is 16.2 Å². The van der Waals surface area contributed by atoms with Crippen molar-refractivity contribution in [2.24, 2.45) is 0 Å². The van der Waals surface area contributed by atoms with Gasteiger partial charge in [-0.15, -0.1) is 11.3 Å². The van der Waals surface area contributed by atoms with E-state index in [1.165, 1.54) is 29.3 Å². The van der Waals surface area contributed by atoms with Gasteiger partial charge in [0.05, 0.1) is 24.5 Å². The third-order valence-corrected chi connectivity index (χ3v) is 5.79. The van der Waals surface area contributed by atoms with Crippen LogP contribution >= 0.6 is 11.3 Å². The number of hydrogen-bond acceptors (Lipinski definition) is 5. The summed E-state index contributed by atoms with van der Waals surface area (Å²) in [4.78, 5) is 31.8. The number of para-hydroxylation sites is 2. The molecule has 1 atom stereocenters. The van der Waals surface area contributed by atoms with Gasteiger partial charge in [0.1, 0.15) is 16.6 Å². The van der Waals surface area contributed by atoms with Crippen molar-refractivity contribution in [2.75, 3.05) is 12.4 Å². The first-order chi connectivity index (χ1) is 14.1. The van der Waals surface area contributed by atoms with Gasteiger partial charge in [-0.3, -0.25) is 14.2 Å². The molecule has 1 amide bonds. The van der Waals surface area contributed by atoms with Gasteiger partial charge in [-0.1, -0.05) is 42.5 Å². The van der Waals surface area contributed by atoms with Crippen molar-refractivity contribution in [3.63, 3.8) is 0 Å². The van der Waals surface area contributed by atoms with Crippen LogP contribution in [0.25, 0.3) is 20.7 Å². The van der Waals surface area contributed by atoms with Crippen LogP contribution in [0.15, 0.2) is 71.8 Å². The van der Waals surface area contributed by atoms with Crippen molar-refractivity contribution in [1.29, 1.82) is 0 Å². The largest absolute Gasteiger partial charge is 0.495 e. The van der Waals surface area contributed by atoms with E-state index < -0.39 is 6.04 Å². The zero-order chi connectivity index (χ0) is 20.4. The lowest BCUT2D eigenvalue weighted by Crippen LogP contribution is -2.31. The Balaban J connectivity index is 1.65. The molecule has 29 heavy (non-hydrogen) atoms. The van der Waals surface area contributed by atoms with E-state index in [1.807, 2.05) is 42.5 Å². The maximum absolute atomic E-state index is 13.0. The van der Waals surface area contributed by atoms with E-state index >= 15 is 0 Å². The van der Waals surface area contributed by atoms with Gasteiger partial charge < -0.3 is 10.1 Å². The Morgan fingerprint density at radius 1 is 1.14 bits per heavy atom. The van der Waals surface area contributed by atoms with Gasteiger partial charge in [-0.2, -0.15) is 0 Å². The Morgan fingerprint density at radius 2 is 1.86 bits per heavy atom. The molecule has 0 radical (unpaired) electrons. The van der Waals surface area contributed by atoms with Crippen molar-refractivity contribution in [2.45, 2.75) is 13.0 Å². The summed E-state index contributed by atoms with van der Waals surface area (Å²) in [5.74, 6) is 0.232. The predicted octanol–water partition coefficient (Wildman–Crippen LogP) is 4.33. The molecular weight excluding hydrogens is 386 g/mol. The topological polar surface area (TPSA) is 73.2 Å². The minimum atomic E-state index is -0.732. The Labute approximate surface area is 171 Å². The van der Waals surface area contributed by atoms with Crippen LogP contribution in [0.5, 0.6) is 5.75 Å². The van der Waals surface area contributed by atoms with Crippen LogP contribution in [0.1, 0.15) is 13.0 Å². The molecule has 2 heterocycles. The monoisotopic (exact) mass is 405 g/mol. The molecule has 4 aromatic rings. The van der Waals surface area contributed by atoms with Crippen LogP contribution in [0.4, 0.5) is 5.69 Å². The molecule has 0 unspecified atom stereocenters. The van der Waals surface area contributed by atoms with Crippen molar-refractivity contribution in [3.05, 3.63) is 77.3 Å². The summed E-state index contributed by atoms with van der Waals surface area (Å²) in [7, 11) is 1.54. The zero-order valence-electron chi connectivity index (χ0n) is 16.0. The first-order valence-corrected chi connectivity index (χ1v) is 9.90. The molecule has 0 saturated carbocycles. The Morgan fingerprint density at radius 3 is 2.62 bits per heavy atom. The van der Waals surface area contributed by atoms with Crippen molar-refractivity contribution >= 4 is 33.1 Å². The molecule has 0 aliphatic carbocycles. The van der Waals surface area contributed by atoms with Gasteiger partial charge in [0.2, 0.25) is 5.91 Å². The second kappa shape index (κ2) is 7.89. The molecular formula is C22H19N3O3S. The Bertz CT molecular complexity index is 1230. The summed E-state index contributed by atoms with van der Waals surface area (Å²) in [6, 6.07) is 18.1. The van der Waals surface area contributed by atoms with Gasteiger partial charge in [0.25, 0.3) is 5.56 Å². The number of fused-ring (bicyclic) bond motifs is 1. The van der Waals surface area contributed by atoms with Gasteiger partial charge in [-0.25, -0.2) is 4.98 Å². The zero-order valence-corrected chi connectivity index (χ0v) is 16.8. The normalized spacial score (nSPS) is 11.9. The number of thiophene rings is 1. The Hall–Kier alpha value is -3.45. The highest BCUT2D eigenvalue weighted by molar-refractivity contribution is 7.21. The number of benzene rings is 2. The summed E-state index contributed by atoms with van der Waals surface area (Å²) in [5, 5.41) is 3.32. The van der Waals surface area contributed by atoms with Gasteiger partial charge >= 0.3 is 0 Å². The minimum Gasteiger partial charge on any atom is -0.495 e. The number of methoxy groups -OCH3 is 1. The molecule has 0 aliphatic heterocycles. The summed E-state index contributed by atoms with van der Waals surface area (Å²) >= 11 is 1.46. The maximum atomic E-state index is 13.0. The lowest BCUT2D eigenvalue weighted by atomic mass is 10.2. The molecule has 0 aliphatic rings. The number of aromatic nitrogens is 2. The van der Waals surface area contributed by atoms with E-state index in [-0.39, 0.29) is 11.5 Å². The van der Waals surface area contributed by atoms with Crippen molar-refractivity contribution < 1.29 is 9.53 Å². The minimum absolute atomic E-state index is 0.240. The molecule has 2 aromatic heterocycles. The lowest BCUT2D eigenvalue weighted by molar-refractivity contribution is -0.118. The van der Waals surface area contributed by atoms with E-state index in [9.17, 15) is 9.59 Å².